The number of pyridine rings is 2. The number of hydrogen-bond donors (Lipinski definition) is 1. The van der Waals surface area contributed by atoms with Gasteiger partial charge in [-0.1, -0.05) is 17.7 Å². The Labute approximate surface area is 126 Å². The molecule has 0 aliphatic rings. The summed E-state index contributed by atoms with van der Waals surface area (Å²) in [6.07, 6.45) is 4.30. The van der Waals surface area contributed by atoms with Crippen molar-refractivity contribution in [3.8, 4) is 0 Å². The summed E-state index contributed by atoms with van der Waals surface area (Å²) in [7, 11) is -3.81. The van der Waals surface area contributed by atoms with Crippen molar-refractivity contribution in [1.82, 2.24) is 9.97 Å². The van der Waals surface area contributed by atoms with Crippen LogP contribution in [-0.2, 0) is 10.0 Å². The third kappa shape index (κ3) is 2.68. The lowest BCUT2D eigenvalue weighted by molar-refractivity contribution is 0.601. The molecule has 0 aliphatic heterocycles. The number of benzene rings is 1. The Morgan fingerprint density at radius 3 is 2.71 bits per heavy atom. The van der Waals surface area contributed by atoms with Crippen LogP contribution >= 0.6 is 11.6 Å². The van der Waals surface area contributed by atoms with E-state index in [9.17, 15) is 8.42 Å². The van der Waals surface area contributed by atoms with Crippen molar-refractivity contribution in [2.45, 2.75) is 4.90 Å². The molecule has 21 heavy (non-hydrogen) atoms. The van der Waals surface area contributed by atoms with Crippen molar-refractivity contribution in [3.63, 3.8) is 0 Å². The van der Waals surface area contributed by atoms with E-state index in [1.165, 1.54) is 18.5 Å². The average molecular weight is 320 g/mol. The zero-order valence-corrected chi connectivity index (χ0v) is 12.3. The minimum absolute atomic E-state index is 0.0624. The third-order valence-electron chi connectivity index (χ3n) is 2.91. The molecule has 0 saturated heterocycles. The molecule has 1 aromatic carbocycles. The van der Waals surface area contributed by atoms with E-state index in [1.807, 2.05) is 6.07 Å². The van der Waals surface area contributed by atoms with Gasteiger partial charge in [0.1, 0.15) is 4.90 Å². The van der Waals surface area contributed by atoms with Gasteiger partial charge in [-0.15, -0.1) is 0 Å². The first-order valence-corrected chi connectivity index (χ1v) is 7.90. The number of nitrogens with zero attached hydrogens (tertiary/aromatic N) is 2. The Kier molecular flexibility index (Phi) is 3.48. The van der Waals surface area contributed by atoms with Crippen LogP contribution in [0, 0.1) is 0 Å². The van der Waals surface area contributed by atoms with Crippen molar-refractivity contribution in [3.05, 3.63) is 60.0 Å². The molecular weight excluding hydrogens is 310 g/mol. The summed E-state index contributed by atoms with van der Waals surface area (Å²) in [5.41, 5.74) is 1.15. The first-order chi connectivity index (χ1) is 10.1. The third-order valence-corrected chi connectivity index (χ3v) is 4.75. The molecule has 0 atom stereocenters. The van der Waals surface area contributed by atoms with Gasteiger partial charge in [0.05, 0.1) is 16.2 Å². The largest absolute Gasteiger partial charge is 0.279 e. The van der Waals surface area contributed by atoms with Crippen LogP contribution in [0.2, 0.25) is 5.02 Å². The molecular formula is C14H10ClN3O2S. The van der Waals surface area contributed by atoms with Crippen molar-refractivity contribution < 1.29 is 8.42 Å². The van der Waals surface area contributed by atoms with Crippen LogP contribution in [0.15, 0.2) is 59.9 Å². The fraction of sp³-hybridized carbons (Fsp3) is 0. The molecule has 0 radical (unpaired) electrons. The number of aromatic nitrogens is 2. The fourth-order valence-corrected chi connectivity index (χ4v) is 3.46. The second kappa shape index (κ2) is 5.31. The lowest BCUT2D eigenvalue weighted by Crippen LogP contribution is -2.14. The van der Waals surface area contributed by atoms with Gasteiger partial charge in [-0.2, -0.15) is 0 Å². The summed E-state index contributed by atoms with van der Waals surface area (Å²) >= 11 is 5.92. The van der Waals surface area contributed by atoms with Crippen LogP contribution in [0.1, 0.15) is 0 Å². The maximum absolute atomic E-state index is 12.4. The summed E-state index contributed by atoms with van der Waals surface area (Å²) in [4.78, 5) is 7.93. The summed E-state index contributed by atoms with van der Waals surface area (Å²) in [6.45, 7) is 0. The first kappa shape index (κ1) is 13.8. The highest BCUT2D eigenvalue weighted by Crippen LogP contribution is 2.26. The van der Waals surface area contributed by atoms with E-state index < -0.39 is 10.0 Å². The van der Waals surface area contributed by atoms with Crippen LogP contribution in [0.5, 0.6) is 0 Å². The zero-order chi connectivity index (χ0) is 14.9. The Bertz CT molecular complexity index is 907. The fourth-order valence-electron chi connectivity index (χ4n) is 1.95. The van der Waals surface area contributed by atoms with E-state index in [0.717, 1.165) is 0 Å². The highest BCUT2D eigenvalue weighted by molar-refractivity contribution is 7.92. The number of fused-ring (bicyclic) bond motifs is 1. The van der Waals surface area contributed by atoms with E-state index in [4.69, 9.17) is 11.6 Å². The van der Waals surface area contributed by atoms with Crippen LogP contribution < -0.4 is 4.72 Å². The van der Waals surface area contributed by atoms with Gasteiger partial charge >= 0.3 is 0 Å². The Morgan fingerprint density at radius 2 is 1.90 bits per heavy atom. The second-order valence-electron chi connectivity index (χ2n) is 4.29. The highest BCUT2D eigenvalue weighted by Gasteiger charge is 2.19. The van der Waals surface area contributed by atoms with Crippen LogP contribution in [0.3, 0.4) is 0 Å². The normalized spacial score (nSPS) is 11.5. The molecule has 0 fully saturated rings. The predicted molar refractivity (Wildman–Crippen MR) is 81.8 cm³/mol. The van der Waals surface area contributed by atoms with Gasteiger partial charge in [0.15, 0.2) is 0 Å². The number of halogens is 1. The van der Waals surface area contributed by atoms with Crippen LogP contribution in [0.25, 0.3) is 10.9 Å². The van der Waals surface area contributed by atoms with E-state index >= 15 is 0 Å². The highest BCUT2D eigenvalue weighted by atomic mass is 35.5. The molecule has 106 valence electrons. The quantitative estimate of drug-likeness (QED) is 0.805. The maximum atomic E-state index is 12.4. The van der Waals surface area contributed by atoms with Crippen molar-refractivity contribution in [1.29, 1.82) is 0 Å². The van der Waals surface area contributed by atoms with Gasteiger partial charge in [0.25, 0.3) is 10.0 Å². The zero-order valence-electron chi connectivity index (χ0n) is 10.7. The molecule has 0 bridgehead atoms. The number of hydrogen-bond acceptors (Lipinski definition) is 4. The Hall–Kier alpha value is -2.18. The van der Waals surface area contributed by atoms with Gasteiger partial charge in [-0.3, -0.25) is 14.7 Å². The molecule has 5 nitrogen and oxygen atoms in total. The minimum Gasteiger partial charge on any atom is -0.279 e. The number of anilines is 1. The van der Waals surface area contributed by atoms with Crippen molar-refractivity contribution in [2.75, 3.05) is 4.72 Å². The molecule has 1 N–H and O–H groups in total. The molecule has 3 rings (SSSR count). The molecule has 7 heteroatoms. The summed E-state index contributed by atoms with van der Waals surface area (Å²) in [5, 5.41) is 0.833. The molecule has 0 saturated carbocycles. The number of sulfonamides is 1. The smallest absolute Gasteiger partial charge is 0.264 e. The van der Waals surface area contributed by atoms with Crippen molar-refractivity contribution in [2.24, 2.45) is 0 Å². The van der Waals surface area contributed by atoms with Gasteiger partial charge in [0.2, 0.25) is 0 Å². The van der Waals surface area contributed by atoms with Crippen LogP contribution in [0.4, 0.5) is 5.69 Å². The number of rotatable bonds is 3. The number of nitrogens with one attached hydrogen (secondary N) is 1. The SMILES string of the molecule is O=S(=O)(Nc1cccc2ncccc12)c1cnccc1Cl. The minimum atomic E-state index is -3.81. The Balaban J connectivity index is 2.08. The summed E-state index contributed by atoms with van der Waals surface area (Å²) < 4.78 is 27.3. The molecule has 0 aliphatic carbocycles. The van der Waals surface area contributed by atoms with E-state index in [2.05, 4.69) is 14.7 Å². The van der Waals surface area contributed by atoms with E-state index in [-0.39, 0.29) is 9.92 Å². The summed E-state index contributed by atoms with van der Waals surface area (Å²) in [5.74, 6) is 0. The molecule has 0 spiro atoms. The molecule has 0 amide bonds. The molecule has 0 unspecified atom stereocenters. The lowest BCUT2D eigenvalue weighted by Gasteiger charge is -2.11. The predicted octanol–water partition coefficient (Wildman–Crippen LogP) is 3.08. The topological polar surface area (TPSA) is 72.0 Å². The maximum Gasteiger partial charge on any atom is 0.264 e. The van der Waals surface area contributed by atoms with Gasteiger partial charge in [-0.25, -0.2) is 8.42 Å². The van der Waals surface area contributed by atoms with Gasteiger partial charge in [0, 0.05) is 24.0 Å². The van der Waals surface area contributed by atoms with E-state index in [1.54, 1.807) is 30.5 Å². The first-order valence-electron chi connectivity index (χ1n) is 6.04. The van der Waals surface area contributed by atoms with Crippen molar-refractivity contribution >= 4 is 38.2 Å². The summed E-state index contributed by atoms with van der Waals surface area (Å²) in [6, 6.07) is 10.2. The van der Waals surface area contributed by atoms with Gasteiger partial charge < -0.3 is 0 Å². The average Bonchev–Trinajstić information content (AvgIpc) is 2.47. The monoisotopic (exact) mass is 319 g/mol. The molecule has 3 aromatic rings. The molecule has 2 aromatic heterocycles. The Morgan fingerprint density at radius 1 is 1.05 bits per heavy atom. The standard InChI is InChI=1S/C14H10ClN3O2S/c15-11-6-8-16-9-14(11)21(19,20)18-13-5-1-4-12-10(13)3-2-7-17-12/h1-9,18H. The second-order valence-corrected chi connectivity index (χ2v) is 6.35. The van der Waals surface area contributed by atoms with Gasteiger partial charge in [-0.05, 0) is 30.3 Å². The van der Waals surface area contributed by atoms with Crippen LogP contribution in [-0.4, -0.2) is 18.4 Å². The lowest BCUT2D eigenvalue weighted by atomic mass is 10.2. The van der Waals surface area contributed by atoms with E-state index in [0.29, 0.717) is 16.6 Å². The molecule has 2 heterocycles.